The number of carbonyl (C=O) groups excluding carboxylic acids is 1. The Morgan fingerprint density at radius 1 is 1.23 bits per heavy atom. The summed E-state index contributed by atoms with van der Waals surface area (Å²) in [6.45, 7) is 0. The van der Waals surface area contributed by atoms with Crippen molar-refractivity contribution in [1.82, 2.24) is 5.32 Å². The van der Waals surface area contributed by atoms with E-state index in [0.29, 0.717) is 11.4 Å². The van der Waals surface area contributed by atoms with Crippen molar-refractivity contribution in [3.05, 3.63) is 64.7 Å². The fourth-order valence-corrected chi connectivity index (χ4v) is 3.87. The van der Waals surface area contributed by atoms with Crippen LogP contribution in [0.15, 0.2) is 48.5 Å². The van der Waals surface area contributed by atoms with Gasteiger partial charge in [0, 0.05) is 17.5 Å². The van der Waals surface area contributed by atoms with Crippen molar-refractivity contribution in [1.29, 1.82) is 0 Å². The van der Waals surface area contributed by atoms with E-state index in [2.05, 4.69) is 5.32 Å². The van der Waals surface area contributed by atoms with Crippen LogP contribution in [0.25, 0.3) is 0 Å². The highest BCUT2D eigenvalue weighted by atomic mass is 35.5. The average molecular weight is 373 g/mol. The molecule has 1 saturated carbocycles. The van der Waals surface area contributed by atoms with Gasteiger partial charge in [-0.05, 0) is 48.1 Å². The van der Waals surface area contributed by atoms with Gasteiger partial charge >= 0.3 is 0 Å². The van der Waals surface area contributed by atoms with Gasteiger partial charge in [0.05, 0.1) is 13.2 Å². The lowest BCUT2D eigenvalue weighted by molar-refractivity contribution is -0.122. The molecule has 3 rings (SSSR count). The zero-order valence-electron chi connectivity index (χ0n) is 15.0. The van der Waals surface area contributed by atoms with Gasteiger partial charge in [-0.1, -0.05) is 48.4 Å². The third-order valence-electron chi connectivity index (χ3n) is 5.14. The van der Waals surface area contributed by atoms with Gasteiger partial charge in [-0.2, -0.15) is 0 Å². The summed E-state index contributed by atoms with van der Waals surface area (Å²) in [5, 5.41) is 3.79. The summed E-state index contributed by atoms with van der Waals surface area (Å²) in [5.74, 6) is 1.04. The topological polar surface area (TPSA) is 64.3 Å². The number of rotatable bonds is 6. The lowest BCUT2D eigenvalue weighted by Gasteiger charge is -2.23. The maximum Gasteiger partial charge on any atom is 0.221 e. The summed E-state index contributed by atoms with van der Waals surface area (Å²) in [6.07, 6.45) is 3.59. The number of hydrogen-bond acceptors (Lipinski definition) is 3. The number of nitrogens with one attached hydrogen (secondary N) is 1. The molecule has 1 amide bonds. The fraction of sp³-hybridized carbons (Fsp3) is 0.381. The predicted molar refractivity (Wildman–Crippen MR) is 104 cm³/mol. The van der Waals surface area contributed by atoms with Crippen molar-refractivity contribution in [3.63, 3.8) is 0 Å². The Morgan fingerprint density at radius 3 is 2.58 bits per heavy atom. The minimum Gasteiger partial charge on any atom is -0.497 e. The van der Waals surface area contributed by atoms with E-state index < -0.39 is 0 Å². The summed E-state index contributed by atoms with van der Waals surface area (Å²) in [6, 6.07) is 15.1. The van der Waals surface area contributed by atoms with E-state index >= 15 is 0 Å². The molecule has 3 atom stereocenters. The van der Waals surface area contributed by atoms with Crippen LogP contribution in [0.3, 0.4) is 0 Å². The second-order valence-corrected chi connectivity index (χ2v) is 7.26. The van der Waals surface area contributed by atoms with E-state index in [0.717, 1.165) is 36.1 Å². The molecular weight excluding hydrogens is 348 g/mol. The highest BCUT2D eigenvalue weighted by molar-refractivity contribution is 6.31. The van der Waals surface area contributed by atoms with E-state index in [9.17, 15) is 4.79 Å². The quantitative estimate of drug-likeness (QED) is 0.803. The highest BCUT2D eigenvalue weighted by Crippen LogP contribution is 2.31. The molecule has 0 spiro atoms. The molecule has 4 nitrogen and oxygen atoms in total. The summed E-state index contributed by atoms with van der Waals surface area (Å²) in [5.41, 5.74) is 7.96. The van der Waals surface area contributed by atoms with Gasteiger partial charge in [-0.25, -0.2) is 0 Å². The standard InChI is InChI=1S/C21H25ClN2O2/c1-26-16-11-9-14(10-12-16)21(17-6-2-3-7-18(17)22)24-20(25)13-15-5-4-8-19(15)23/h2-3,6-7,9-12,15,19,21H,4-5,8,13,23H2,1H3,(H,24,25)/t15-,19+,21?/m0/s1. The first-order valence-corrected chi connectivity index (χ1v) is 9.39. The molecule has 0 heterocycles. The van der Waals surface area contributed by atoms with Crippen LogP contribution in [0.5, 0.6) is 5.75 Å². The smallest absolute Gasteiger partial charge is 0.221 e. The van der Waals surface area contributed by atoms with Crippen molar-refractivity contribution >= 4 is 17.5 Å². The second kappa shape index (κ2) is 8.56. The summed E-state index contributed by atoms with van der Waals surface area (Å²) >= 11 is 6.41. The molecule has 26 heavy (non-hydrogen) atoms. The van der Waals surface area contributed by atoms with Crippen LogP contribution < -0.4 is 15.8 Å². The number of benzene rings is 2. The van der Waals surface area contributed by atoms with Gasteiger partial charge in [-0.3, -0.25) is 4.79 Å². The van der Waals surface area contributed by atoms with Crippen molar-refractivity contribution in [2.45, 2.75) is 37.8 Å². The monoisotopic (exact) mass is 372 g/mol. The lowest BCUT2D eigenvalue weighted by atomic mass is 9.96. The fourth-order valence-electron chi connectivity index (χ4n) is 3.62. The van der Waals surface area contributed by atoms with E-state index in [4.69, 9.17) is 22.1 Å². The Labute approximate surface area is 159 Å². The molecule has 2 aromatic carbocycles. The van der Waals surface area contributed by atoms with Gasteiger partial charge in [0.2, 0.25) is 5.91 Å². The van der Waals surface area contributed by atoms with E-state index in [-0.39, 0.29) is 23.9 Å². The first kappa shape index (κ1) is 18.7. The average Bonchev–Trinajstić information content (AvgIpc) is 3.05. The normalized spacial score (nSPS) is 20.6. The van der Waals surface area contributed by atoms with Crippen molar-refractivity contribution < 1.29 is 9.53 Å². The Morgan fingerprint density at radius 2 is 1.96 bits per heavy atom. The first-order chi connectivity index (χ1) is 12.6. The summed E-state index contributed by atoms with van der Waals surface area (Å²) < 4.78 is 5.23. The maximum atomic E-state index is 12.7. The number of ether oxygens (including phenoxy) is 1. The van der Waals surface area contributed by atoms with E-state index in [1.54, 1.807) is 7.11 Å². The highest BCUT2D eigenvalue weighted by Gasteiger charge is 2.27. The van der Waals surface area contributed by atoms with Gasteiger partial charge in [0.1, 0.15) is 5.75 Å². The van der Waals surface area contributed by atoms with Crippen molar-refractivity contribution in [2.75, 3.05) is 7.11 Å². The number of methoxy groups -OCH3 is 1. The minimum atomic E-state index is -0.306. The molecule has 1 fully saturated rings. The number of halogens is 1. The maximum absolute atomic E-state index is 12.7. The molecule has 0 saturated heterocycles. The van der Waals surface area contributed by atoms with Gasteiger partial charge in [0.15, 0.2) is 0 Å². The molecule has 2 aromatic rings. The van der Waals surface area contributed by atoms with Gasteiger partial charge in [0.25, 0.3) is 0 Å². The molecule has 1 aliphatic rings. The van der Waals surface area contributed by atoms with Crippen LogP contribution >= 0.6 is 11.6 Å². The number of nitrogens with two attached hydrogens (primary N) is 1. The number of hydrogen-bond donors (Lipinski definition) is 2. The zero-order chi connectivity index (χ0) is 18.5. The molecular formula is C21H25ClN2O2. The van der Waals surface area contributed by atoms with Crippen LogP contribution in [0.1, 0.15) is 42.9 Å². The van der Waals surface area contributed by atoms with Crippen LogP contribution in [0, 0.1) is 5.92 Å². The van der Waals surface area contributed by atoms with E-state index in [1.165, 1.54) is 0 Å². The van der Waals surface area contributed by atoms with Crippen LogP contribution in [-0.4, -0.2) is 19.1 Å². The third kappa shape index (κ3) is 4.37. The molecule has 138 valence electrons. The van der Waals surface area contributed by atoms with Crippen LogP contribution in [-0.2, 0) is 4.79 Å². The molecule has 0 aliphatic heterocycles. The molecule has 5 heteroatoms. The zero-order valence-corrected chi connectivity index (χ0v) is 15.7. The Kier molecular flexibility index (Phi) is 6.17. The SMILES string of the molecule is COc1ccc(C(NC(=O)C[C@@H]2CCC[C@H]2N)c2ccccc2Cl)cc1. The third-order valence-corrected chi connectivity index (χ3v) is 5.48. The van der Waals surface area contributed by atoms with Crippen molar-refractivity contribution in [2.24, 2.45) is 11.7 Å². The second-order valence-electron chi connectivity index (χ2n) is 6.85. The van der Waals surface area contributed by atoms with Crippen LogP contribution in [0.2, 0.25) is 5.02 Å². The first-order valence-electron chi connectivity index (χ1n) is 9.02. The largest absolute Gasteiger partial charge is 0.497 e. The van der Waals surface area contributed by atoms with Crippen LogP contribution in [0.4, 0.5) is 0 Å². The lowest BCUT2D eigenvalue weighted by Crippen LogP contribution is -2.34. The molecule has 0 aromatic heterocycles. The Hall–Kier alpha value is -2.04. The summed E-state index contributed by atoms with van der Waals surface area (Å²) in [4.78, 5) is 12.7. The van der Waals surface area contributed by atoms with Crippen molar-refractivity contribution in [3.8, 4) is 5.75 Å². The molecule has 3 N–H and O–H groups in total. The number of carbonyl (C=O) groups is 1. The predicted octanol–water partition coefficient (Wildman–Crippen LogP) is 4.07. The van der Waals surface area contributed by atoms with E-state index in [1.807, 2.05) is 48.5 Å². The summed E-state index contributed by atoms with van der Waals surface area (Å²) in [7, 11) is 1.63. The molecule has 1 unspecified atom stereocenters. The molecule has 0 bridgehead atoms. The van der Waals surface area contributed by atoms with Gasteiger partial charge < -0.3 is 15.8 Å². The van der Waals surface area contributed by atoms with Gasteiger partial charge in [-0.15, -0.1) is 0 Å². The molecule has 1 aliphatic carbocycles. The Balaban J connectivity index is 1.82. The Bertz CT molecular complexity index is 748. The minimum absolute atomic E-state index is 0.00749. The molecule has 0 radical (unpaired) electrons. The number of amides is 1.